The second-order valence-corrected chi connectivity index (χ2v) is 7.98. The van der Waals surface area contributed by atoms with Gasteiger partial charge in [0.1, 0.15) is 5.82 Å². The summed E-state index contributed by atoms with van der Waals surface area (Å²) in [6.07, 6.45) is -2.30. The number of nitrogens with zero attached hydrogens (tertiary/aromatic N) is 4. The predicted octanol–water partition coefficient (Wildman–Crippen LogP) is 3.79. The Hall–Kier alpha value is -4.22. The van der Waals surface area contributed by atoms with Gasteiger partial charge in [0.25, 0.3) is 0 Å². The average Bonchev–Trinajstić information content (AvgIpc) is 2.85. The van der Waals surface area contributed by atoms with Crippen molar-refractivity contribution in [2.45, 2.75) is 32.5 Å². The van der Waals surface area contributed by atoms with Gasteiger partial charge in [0.05, 0.1) is 38.7 Å². The highest BCUT2D eigenvalue weighted by molar-refractivity contribution is 5.79. The molecule has 2 aromatic heterocycles. The Morgan fingerprint density at radius 1 is 1.00 bits per heavy atom. The Balaban J connectivity index is 1.96. The molecule has 0 saturated heterocycles. The first kappa shape index (κ1) is 27.4. The maximum absolute atomic E-state index is 13.5. The highest BCUT2D eigenvalue weighted by Crippen LogP contribution is 2.34. The first-order valence-corrected chi connectivity index (χ1v) is 11.1. The van der Waals surface area contributed by atoms with Gasteiger partial charge >= 0.3 is 12.1 Å². The summed E-state index contributed by atoms with van der Waals surface area (Å²) < 4.78 is 50.8. The fraction of sp³-hybridized carbons (Fsp3) is 0.320. The summed E-state index contributed by atoms with van der Waals surface area (Å²) in [7, 11) is 2.81. The van der Waals surface area contributed by atoms with Gasteiger partial charge in [-0.25, -0.2) is 0 Å². The van der Waals surface area contributed by atoms with Gasteiger partial charge < -0.3 is 19.5 Å². The number of halogens is 3. The number of carboxylic acids is 1. The van der Waals surface area contributed by atoms with Crippen LogP contribution in [0.2, 0.25) is 0 Å². The molecule has 12 heteroatoms. The van der Waals surface area contributed by atoms with Gasteiger partial charge in [0, 0.05) is 31.0 Å². The van der Waals surface area contributed by atoms with E-state index < -0.39 is 23.6 Å². The third kappa shape index (κ3) is 7.15. The first-order chi connectivity index (χ1) is 17.5. The molecule has 9 nitrogen and oxygen atoms in total. The second kappa shape index (κ2) is 11.7. The first-order valence-electron chi connectivity index (χ1n) is 11.1. The van der Waals surface area contributed by atoms with Crippen molar-refractivity contribution in [1.82, 2.24) is 19.9 Å². The molecule has 0 spiro atoms. The number of aromatic nitrogens is 3. The summed E-state index contributed by atoms with van der Waals surface area (Å²) in [5, 5.41) is 9.08. The van der Waals surface area contributed by atoms with Gasteiger partial charge in [-0.15, -0.1) is 0 Å². The van der Waals surface area contributed by atoms with Crippen LogP contribution in [0.1, 0.15) is 29.4 Å². The van der Waals surface area contributed by atoms with E-state index in [4.69, 9.17) is 14.6 Å². The average molecular weight is 518 g/mol. The van der Waals surface area contributed by atoms with E-state index in [1.807, 2.05) is 0 Å². The smallest absolute Gasteiger partial charge is 0.416 e. The predicted molar refractivity (Wildman–Crippen MR) is 126 cm³/mol. The van der Waals surface area contributed by atoms with Crippen LogP contribution in [0.15, 0.2) is 42.7 Å². The number of carboxylic acid groups (broad SMARTS) is 1. The topological polar surface area (TPSA) is 115 Å². The molecule has 0 aliphatic rings. The van der Waals surface area contributed by atoms with Crippen LogP contribution in [0.4, 0.5) is 13.2 Å². The Labute approximate surface area is 210 Å². The fourth-order valence-corrected chi connectivity index (χ4v) is 3.66. The molecule has 2 heterocycles. The number of benzene rings is 1. The van der Waals surface area contributed by atoms with Crippen molar-refractivity contribution in [1.29, 1.82) is 0 Å². The molecule has 0 atom stereocenters. The van der Waals surface area contributed by atoms with Gasteiger partial charge in [-0.1, -0.05) is 6.07 Å². The van der Waals surface area contributed by atoms with Crippen molar-refractivity contribution in [3.63, 3.8) is 0 Å². The van der Waals surface area contributed by atoms with Crippen LogP contribution in [0.5, 0.6) is 11.8 Å². The molecule has 0 fully saturated rings. The normalized spacial score (nSPS) is 11.2. The number of ether oxygens (including phenoxy) is 2. The van der Waals surface area contributed by atoms with Crippen molar-refractivity contribution >= 4 is 11.9 Å². The highest BCUT2D eigenvalue weighted by Gasteiger charge is 2.31. The summed E-state index contributed by atoms with van der Waals surface area (Å²) >= 11 is 0. The minimum atomic E-state index is -4.59. The van der Waals surface area contributed by atoms with Crippen molar-refractivity contribution < 1.29 is 37.3 Å². The lowest BCUT2D eigenvalue weighted by Crippen LogP contribution is -2.32. The molecule has 3 aromatic rings. The van der Waals surface area contributed by atoms with Gasteiger partial charge in [-0.3, -0.25) is 14.6 Å². The summed E-state index contributed by atoms with van der Waals surface area (Å²) in [5.74, 6) is -0.947. The summed E-state index contributed by atoms with van der Waals surface area (Å²) in [6.45, 7) is 1.76. The van der Waals surface area contributed by atoms with Gasteiger partial charge in [0.15, 0.2) is 0 Å². The number of hydrogen-bond donors (Lipinski definition) is 1. The second-order valence-electron chi connectivity index (χ2n) is 7.98. The van der Waals surface area contributed by atoms with E-state index in [-0.39, 0.29) is 49.1 Å². The molecule has 196 valence electrons. The number of carbonyl (C=O) groups is 2. The number of carbonyl (C=O) groups excluding carboxylic acids is 1. The van der Waals surface area contributed by atoms with Crippen LogP contribution >= 0.6 is 0 Å². The molecule has 0 saturated carbocycles. The fourth-order valence-electron chi connectivity index (χ4n) is 3.66. The zero-order valence-electron chi connectivity index (χ0n) is 20.4. The maximum atomic E-state index is 13.5. The van der Waals surface area contributed by atoms with E-state index >= 15 is 0 Å². The lowest BCUT2D eigenvalue weighted by Gasteiger charge is -2.23. The van der Waals surface area contributed by atoms with E-state index in [0.29, 0.717) is 16.7 Å². The number of hydrogen-bond acceptors (Lipinski definition) is 7. The zero-order chi connectivity index (χ0) is 27.2. The zero-order valence-corrected chi connectivity index (χ0v) is 20.4. The summed E-state index contributed by atoms with van der Waals surface area (Å²) in [6, 6.07) is 6.24. The summed E-state index contributed by atoms with van der Waals surface area (Å²) in [4.78, 5) is 37.9. The molecular weight excluding hydrogens is 493 g/mol. The van der Waals surface area contributed by atoms with E-state index in [1.165, 1.54) is 43.6 Å². The van der Waals surface area contributed by atoms with Gasteiger partial charge in [-0.05, 0) is 41.8 Å². The molecule has 0 radical (unpaired) electrons. The van der Waals surface area contributed by atoms with Crippen molar-refractivity contribution in [3.8, 4) is 22.9 Å². The third-order valence-corrected chi connectivity index (χ3v) is 5.44. The molecular formula is C25H25F3N4O5. The number of amides is 1. The van der Waals surface area contributed by atoms with Gasteiger partial charge in [-0.2, -0.15) is 23.1 Å². The largest absolute Gasteiger partial charge is 0.481 e. The molecule has 0 aliphatic heterocycles. The quantitative estimate of drug-likeness (QED) is 0.431. The Morgan fingerprint density at radius 2 is 1.68 bits per heavy atom. The van der Waals surface area contributed by atoms with Crippen LogP contribution in [0.3, 0.4) is 0 Å². The number of pyridine rings is 1. The maximum Gasteiger partial charge on any atom is 0.416 e. The SMILES string of the molecule is CCN(Cc1cc(C(F)(F)F)ccc1-c1cncc(CC(=O)O)c1)C(=O)Cc1nc(OC)cc(OC)n1. The van der Waals surface area contributed by atoms with Crippen molar-refractivity contribution in [3.05, 3.63) is 65.2 Å². The lowest BCUT2D eigenvalue weighted by molar-refractivity contribution is -0.138. The molecule has 0 aliphatic carbocycles. The number of methoxy groups -OCH3 is 2. The minimum Gasteiger partial charge on any atom is -0.481 e. The number of rotatable bonds is 10. The number of likely N-dealkylation sites (N-methyl/N-ethyl adjacent to an activating group) is 1. The number of aliphatic carboxylic acids is 1. The molecule has 0 unspecified atom stereocenters. The van der Waals surface area contributed by atoms with Crippen LogP contribution in [-0.4, -0.2) is 57.6 Å². The third-order valence-electron chi connectivity index (χ3n) is 5.44. The van der Waals surface area contributed by atoms with Crippen LogP contribution in [0.25, 0.3) is 11.1 Å². The molecule has 3 rings (SSSR count). The minimum absolute atomic E-state index is 0.134. The number of alkyl halides is 3. The van der Waals surface area contributed by atoms with E-state index in [9.17, 15) is 22.8 Å². The van der Waals surface area contributed by atoms with Gasteiger partial charge in [0.2, 0.25) is 17.7 Å². The van der Waals surface area contributed by atoms with E-state index in [1.54, 1.807) is 13.0 Å². The highest BCUT2D eigenvalue weighted by atomic mass is 19.4. The molecule has 1 aromatic carbocycles. The van der Waals surface area contributed by atoms with Crippen molar-refractivity contribution in [2.24, 2.45) is 0 Å². The van der Waals surface area contributed by atoms with E-state index in [2.05, 4.69) is 15.0 Å². The summed E-state index contributed by atoms with van der Waals surface area (Å²) in [5.41, 5.74) is 0.585. The molecule has 37 heavy (non-hydrogen) atoms. The Bertz CT molecular complexity index is 1260. The lowest BCUT2D eigenvalue weighted by atomic mass is 9.96. The monoisotopic (exact) mass is 518 g/mol. The van der Waals surface area contributed by atoms with E-state index in [0.717, 1.165) is 12.1 Å². The molecule has 1 amide bonds. The molecule has 0 bridgehead atoms. The standard InChI is InChI=1S/C25H25F3N4O5/c1-4-32(23(33)10-20-30-21(36-2)11-22(31-20)37-3)14-17-9-18(25(26,27)28)5-6-19(17)16-7-15(8-24(34)35)12-29-13-16/h5-7,9,11-13H,4,8,10,14H2,1-3H3,(H,34,35). The van der Waals surface area contributed by atoms with Crippen LogP contribution in [0, 0.1) is 0 Å². The Morgan fingerprint density at radius 3 is 2.24 bits per heavy atom. The Kier molecular flexibility index (Phi) is 8.64. The van der Waals surface area contributed by atoms with Crippen LogP contribution in [-0.2, 0) is 35.2 Å². The molecule has 1 N–H and O–H groups in total. The van der Waals surface area contributed by atoms with Crippen LogP contribution < -0.4 is 9.47 Å². The van der Waals surface area contributed by atoms with Crippen molar-refractivity contribution in [2.75, 3.05) is 20.8 Å².